The third-order valence-electron chi connectivity index (χ3n) is 5.33. The fourth-order valence-electron chi connectivity index (χ4n) is 3.95. The van der Waals surface area contributed by atoms with Crippen LogP contribution in [0.5, 0.6) is 11.5 Å². The van der Waals surface area contributed by atoms with Gasteiger partial charge < -0.3 is 19.3 Å². The maximum atomic E-state index is 13.2. The summed E-state index contributed by atoms with van der Waals surface area (Å²) in [4.78, 5) is 17.3. The standard InChI is InChI=1S/C20H27N5O3/c1-14-19(20(26)24-9-5-4-6-16(24)13-23(2)3)21-22-25(14)15-7-8-17-18(12-15)28-11-10-27-17/h7-8,12,16H,4-6,9-11,13H2,1-3H3/t16-/m0/s1. The topological polar surface area (TPSA) is 72.7 Å². The first-order valence-electron chi connectivity index (χ1n) is 9.82. The fraction of sp³-hybridized carbons (Fsp3) is 0.550. The van der Waals surface area contributed by atoms with Gasteiger partial charge in [0.05, 0.1) is 11.4 Å². The number of ether oxygens (including phenoxy) is 2. The second-order valence-electron chi connectivity index (χ2n) is 7.67. The Morgan fingerprint density at radius 1 is 1.21 bits per heavy atom. The smallest absolute Gasteiger partial charge is 0.276 e. The van der Waals surface area contributed by atoms with Crippen LogP contribution in [0.1, 0.15) is 35.4 Å². The van der Waals surface area contributed by atoms with Gasteiger partial charge in [-0.3, -0.25) is 4.79 Å². The van der Waals surface area contributed by atoms with E-state index in [1.807, 2.05) is 44.1 Å². The number of nitrogens with zero attached hydrogens (tertiary/aromatic N) is 5. The summed E-state index contributed by atoms with van der Waals surface area (Å²) in [7, 11) is 4.08. The van der Waals surface area contributed by atoms with Crippen molar-refractivity contribution in [2.24, 2.45) is 0 Å². The molecular weight excluding hydrogens is 358 g/mol. The lowest BCUT2D eigenvalue weighted by Gasteiger charge is -2.36. The highest BCUT2D eigenvalue weighted by Gasteiger charge is 2.31. The van der Waals surface area contributed by atoms with E-state index in [1.165, 1.54) is 0 Å². The number of hydrogen-bond donors (Lipinski definition) is 0. The van der Waals surface area contributed by atoms with Crippen molar-refractivity contribution in [3.05, 3.63) is 29.6 Å². The van der Waals surface area contributed by atoms with Gasteiger partial charge in [0, 0.05) is 25.2 Å². The zero-order valence-electron chi connectivity index (χ0n) is 16.7. The normalized spacial score (nSPS) is 19.1. The highest BCUT2D eigenvalue weighted by Crippen LogP contribution is 2.32. The molecule has 0 N–H and O–H groups in total. The summed E-state index contributed by atoms with van der Waals surface area (Å²) in [6.07, 6.45) is 3.22. The Labute approximate surface area is 165 Å². The first-order valence-corrected chi connectivity index (χ1v) is 9.82. The molecule has 3 heterocycles. The molecule has 28 heavy (non-hydrogen) atoms. The van der Waals surface area contributed by atoms with E-state index >= 15 is 0 Å². The highest BCUT2D eigenvalue weighted by atomic mass is 16.6. The molecule has 2 aromatic rings. The average molecular weight is 385 g/mol. The van der Waals surface area contributed by atoms with E-state index < -0.39 is 0 Å². The summed E-state index contributed by atoms with van der Waals surface area (Å²) in [5, 5.41) is 8.48. The van der Waals surface area contributed by atoms with Gasteiger partial charge in [-0.25, -0.2) is 4.68 Å². The second-order valence-corrected chi connectivity index (χ2v) is 7.67. The molecule has 0 saturated carbocycles. The quantitative estimate of drug-likeness (QED) is 0.801. The summed E-state index contributed by atoms with van der Waals surface area (Å²) in [6.45, 7) is 4.60. The molecule has 2 aliphatic heterocycles. The predicted octanol–water partition coefficient (Wildman–Crippen LogP) is 1.90. The second kappa shape index (κ2) is 7.79. The third kappa shape index (κ3) is 3.56. The van der Waals surface area contributed by atoms with Gasteiger partial charge in [0.2, 0.25) is 0 Å². The molecule has 8 nitrogen and oxygen atoms in total. The maximum Gasteiger partial charge on any atom is 0.276 e. The molecule has 1 amide bonds. The van der Waals surface area contributed by atoms with Crippen molar-refractivity contribution in [3.8, 4) is 17.2 Å². The lowest BCUT2D eigenvalue weighted by Crippen LogP contribution is -2.48. The van der Waals surface area contributed by atoms with E-state index in [4.69, 9.17) is 9.47 Å². The minimum absolute atomic E-state index is 0.0344. The number of likely N-dealkylation sites (tertiary alicyclic amines) is 1. The van der Waals surface area contributed by atoms with E-state index in [0.29, 0.717) is 24.7 Å². The molecule has 1 atom stereocenters. The van der Waals surface area contributed by atoms with E-state index in [1.54, 1.807) is 4.68 Å². The van der Waals surface area contributed by atoms with E-state index in [9.17, 15) is 4.79 Å². The van der Waals surface area contributed by atoms with Gasteiger partial charge in [0.15, 0.2) is 17.2 Å². The first kappa shape index (κ1) is 18.7. The summed E-state index contributed by atoms with van der Waals surface area (Å²) < 4.78 is 12.9. The first-order chi connectivity index (χ1) is 13.5. The lowest BCUT2D eigenvalue weighted by atomic mass is 10.0. The summed E-state index contributed by atoms with van der Waals surface area (Å²) >= 11 is 0. The molecule has 150 valence electrons. The molecule has 4 rings (SSSR count). The van der Waals surface area contributed by atoms with Crippen molar-refractivity contribution in [2.75, 3.05) is 40.4 Å². The number of hydrogen-bond acceptors (Lipinski definition) is 6. The molecule has 0 unspecified atom stereocenters. The number of fused-ring (bicyclic) bond motifs is 1. The van der Waals surface area contributed by atoms with E-state index in [-0.39, 0.29) is 11.9 Å². The fourth-order valence-corrected chi connectivity index (χ4v) is 3.95. The van der Waals surface area contributed by atoms with Gasteiger partial charge >= 0.3 is 0 Å². The zero-order valence-corrected chi connectivity index (χ0v) is 16.7. The number of amides is 1. The van der Waals surface area contributed by atoms with Crippen LogP contribution in [-0.4, -0.2) is 77.1 Å². The van der Waals surface area contributed by atoms with Crippen molar-refractivity contribution in [2.45, 2.75) is 32.2 Å². The number of rotatable bonds is 4. The Morgan fingerprint density at radius 2 is 2.00 bits per heavy atom. The minimum atomic E-state index is -0.0344. The molecule has 1 saturated heterocycles. The van der Waals surface area contributed by atoms with Crippen molar-refractivity contribution < 1.29 is 14.3 Å². The van der Waals surface area contributed by atoms with E-state index in [2.05, 4.69) is 15.2 Å². The summed E-state index contributed by atoms with van der Waals surface area (Å²) in [6, 6.07) is 5.86. The molecule has 1 aromatic heterocycles. The summed E-state index contributed by atoms with van der Waals surface area (Å²) in [5.41, 5.74) is 1.95. The maximum absolute atomic E-state index is 13.2. The van der Waals surface area contributed by atoms with Gasteiger partial charge in [-0.15, -0.1) is 5.10 Å². The van der Waals surface area contributed by atoms with Gasteiger partial charge in [-0.1, -0.05) is 5.21 Å². The Morgan fingerprint density at radius 3 is 2.79 bits per heavy atom. The van der Waals surface area contributed by atoms with Crippen molar-refractivity contribution in [1.82, 2.24) is 24.8 Å². The number of piperidine rings is 1. The number of carbonyl (C=O) groups is 1. The van der Waals surface area contributed by atoms with Crippen LogP contribution >= 0.6 is 0 Å². The zero-order chi connectivity index (χ0) is 19.7. The molecule has 1 fully saturated rings. The number of carbonyl (C=O) groups excluding carboxylic acids is 1. The molecule has 1 aromatic carbocycles. The van der Waals surface area contributed by atoms with Gasteiger partial charge in [0.25, 0.3) is 5.91 Å². The van der Waals surface area contributed by atoms with Crippen LogP contribution in [0.4, 0.5) is 0 Å². The van der Waals surface area contributed by atoms with Gasteiger partial charge in [0.1, 0.15) is 13.2 Å². The van der Waals surface area contributed by atoms with Gasteiger partial charge in [-0.2, -0.15) is 0 Å². The number of likely N-dealkylation sites (N-methyl/N-ethyl adjacent to an activating group) is 1. The highest BCUT2D eigenvalue weighted by molar-refractivity contribution is 5.93. The van der Waals surface area contributed by atoms with Crippen LogP contribution in [-0.2, 0) is 0 Å². The van der Waals surface area contributed by atoms with Crippen LogP contribution in [0.2, 0.25) is 0 Å². The predicted molar refractivity (Wildman–Crippen MR) is 104 cm³/mol. The number of aromatic nitrogens is 3. The van der Waals surface area contributed by atoms with Crippen LogP contribution < -0.4 is 9.47 Å². The molecule has 2 aliphatic rings. The van der Waals surface area contributed by atoms with Crippen LogP contribution in [0, 0.1) is 6.92 Å². The lowest BCUT2D eigenvalue weighted by molar-refractivity contribution is 0.0568. The Bertz CT molecular complexity index is 864. The van der Waals surface area contributed by atoms with Crippen molar-refractivity contribution in [1.29, 1.82) is 0 Å². The Hall–Kier alpha value is -2.61. The third-order valence-corrected chi connectivity index (χ3v) is 5.33. The SMILES string of the molecule is Cc1c(C(=O)N2CCCC[C@H]2CN(C)C)nnn1-c1ccc2c(c1)OCCO2. The monoisotopic (exact) mass is 385 g/mol. The summed E-state index contributed by atoms with van der Waals surface area (Å²) in [5.74, 6) is 1.38. The van der Waals surface area contributed by atoms with Crippen LogP contribution in [0.25, 0.3) is 5.69 Å². The van der Waals surface area contributed by atoms with Gasteiger partial charge in [-0.05, 0) is 52.4 Å². The molecule has 0 aliphatic carbocycles. The molecular formula is C20H27N5O3. The van der Waals surface area contributed by atoms with Crippen molar-refractivity contribution >= 4 is 5.91 Å². The van der Waals surface area contributed by atoms with Crippen LogP contribution in [0.15, 0.2) is 18.2 Å². The minimum Gasteiger partial charge on any atom is -0.486 e. The van der Waals surface area contributed by atoms with E-state index in [0.717, 1.165) is 49.5 Å². The van der Waals surface area contributed by atoms with Crippen molar-refractivity contribution in [3.63, 3.8) is 0 Å². The largest absolute Gasteiger partial charge is 0.486 e. The molecule has 8 heteroatoms. The molecule has 0 radical (unpaired) electrons. The Kier molecular flexibility index (Phi) is 5.21. The number of benzene rings is 1. The Balaban J connectivity index is 1.60. The molecule has 0 bridgehead atoms. The average Bonchev–Trinajstić information content (AvgIpc) is 3.08. The van der Waals surface area contributed by atoms with Crippen LogP contribution in [0.3, 0.4) is 0 Å². The molecule has 0 spiro atoms.